The first-order valence-electron chi connectivity index (χ1n) is 4.94. The average molecular weight is 205 g/mol. The van der Waals surface area contributed by atoms with Crippen molar-refractivity contribution < 1.29 is 9.53 Å². The third kappa shape index (κ3) is 3.64. The maximum Gasteiger partial charge on any atom is 0.206 e. The molecule has 0 amide bonds. The molecule has 0 aromatic heterocycles. The van der Waals surface area contributed by atoms with Gasteiger partial charge < -0.3 is 4.74 Å². The fourth-order valence-corrected chi connectivity index (χ4v) is 1.10. The van der Waals surface area contributed by atoms with E-state index in [9.17, 15) is 4.79 Å². The molecule has 0 spiro atoms. The summed E-state index contributed by atoms with van der Waals surface area (Å²) < 4.78 is 5.05. The fourth-order valence-electron chi connectivity index (χ4n) is 1.10. The molecule has 0 aliphatic carbocycles. The van der Waals surface area contributed by atoms with Gasteiger partial charge in [0, 0.05) is 12.2 Å². The number of hydrogen-bond donors (Lipinski definition) is 0. The van der Waals surface area contributed by atoms with Crippen LogP contribution in [0, 0.1) is 0 Å². The van der Waals surface area contributed by atoms with Crippen LogP contribution in [0.4, 0.5) is 0 Å². The van der Waals surface area contributed by atoms with Crippen molar-refractivity contribution in [3.05, 3.63) is 35.9 Å². The van der Waals surface area contributed by atoms with Crippen molar-refractivity contribution in [3.63, 3.8) is 0 Å². The molecule has 0 aliphatic heterocycles. The summed E-state index contributed by atoms with van der Waals surface area (Å²) >= 11 is 0. The Balaban J connectivity index is 2.65. The molecule has 15 heavy (non-hydrogen) atoms. The monoisotopic (exact) mass is 205 g/mol. The van der Waals surface area contributed by atoms with Gasteiger partial charge in [0.2, 0.25) is 5.78 Å². The minimum Gasteiger partial charge on any atom is -0.360 e. The van der Waals surface area contributed by atoms with E-state index in [1.54, 1.807) is 19.1 Å². The maximum atomic E-state index is 11.8. The van der Waals surface area contributed by atoms with Crippen LogP contribution in [0.2, 0.25) is 0 Å². The second-order valence-corrected chi connectivity index (χ2v) is 3.06. The van der Waals surface area contributed by atoms with E-state index in [0.29, 0.717) is 17.9 Å². The van der Waals surface area contributed by atoms with Gasteiger partial charge in [-0.25, -0.2) is 0 Å². The molecule has 1 aromatic carbocycles. The first-order valence-corrected chi connectivity index (χ1v) is 4.94. The first-order chi connectivity index (χ1) is 7.25. The molecule has 0 heterocycles. The predicted octanol–water partition coefficient (Wildman–Crippen LogP) is 2.32. The second-order valence-electron chi connectivity index (χ2n) is 3.06. The summed E-state index contributed by atoms with van der Waals surface area (Å²) in [5.74, 6) is -0.0460. The molecule has 0 atom stereocenters. The van der Waals surface area contributed by atoms with Gasteiger partial charge in [-0.05, 0) is 13.8 Å². The SMILES string of the molecule is CCOCN=C(C)C(=O)c1ccccc1. The zero-order valence-electron chi connectivity index (χ0n) is 9.06. The van der Waals surface area contributed by atoms with Crippen molar-refractivity contribution in [1.29, 1.82) is 0 Å². The Hall–Kier alpha value is -1.48. The third-order valence-electron chi connectivity index (χ3n) is 1.96. The van der Waals surface area contributed by atoms with E-state index in [1.165, 1.54) is 0 Å². The van der Waals surface area contributed by atoms with Gasteiger partial charge in [0.25, 0.3) is 0 Å². The van der Waals surface area contributed by atoms with Crippen LogP contribution in [0.15, 0.2) is 35.3 Å². The van der Waals surface area contributed by atoms with Crippen molar-refractivity contribution in [3.8, 4) is 0 Å². The Bertz CT molecular complexity index is 344. The molecule has 1 aromatic rings. The number of rotatable bonds is 5. The van der Waals surface area contributed by atoms with Gasteiger partial charge in [0.1, 0.15) is 6.73 Å². The number of ether oxygens (including phenoxy) is 1. The van der Waals surface area contributed by atoms with Gasteiger partial charge in [-0.1, -0.05) is 30.3 Å². The number of carbonyl (C=O) groups is 1. The third-order valence-corrected chi connectivity index (χ3v) is 1.96. The number of benzene rings is 1. The van der Waals surface area contributed by atoms with Gasteiger partial charge >= 0.3 is 0 Å². The van der Waals surface area contributed by atoms with Crippen LogP contribution < -0.4 is 0 Å². The quantitative estimate of drug-likeness (QED) is 0.420. The summed E-state index contributed by atoms with van der Waals surface area (Å²) in [6.07, 6.45) is 0. The minimum atomic E-state index is -0.0460. The topological polar surface area (TPSA) is 38.7 Å². The molecule has 0 fully saturated rings. The second kappa shape index (κ2) is 6.09. The lowest BCUT2D eigenvalue weighted by molar-refractivity contribution is 0.106. The Morgan fingerprint density at radius 2 is 2.00 bits per heavy atom. The van der Waals surface area contributed by atoms with Crippen LogP contribution in [0.5, 0.6) is 0 Å². The van der Waals surface area contributed by atoms with E-state index in [-0.39, 0.29) is 12.5 Å². The highest BCUT2D eigenvalue weighted by Gasteiger charge is 2.07. The molecule has 3 nitrogen and oxygen atoms in total. The predicted molar refractivity (Wildman–Crippen MR) is 60.4 cm³/mol. The summed E-state index contributed by atoms with van der Waals surface area (Å²) in [6, 6.07) is 9.11. The van der Waals surface area contributed by atoms with E-state index in [4.69, 9.17) is 4.74 Å². The summed E-state index contributed by atoms with van der Waals surface area (Å²) in [5.41, 5.74) is 1.14. The molecule has 0 aliphatic rings. The van der Waals surface area contributed by atoms with E-state index in [0.717, 1.165) is 0 Å². The van der Waals surface area contributed by atoms with Gasteiger partial charge in [-0.15, -0.1) is 0 Å². The molecule has 3 heteroatoms. The number of hydrogen-bond acceptors (Lipinski definition) is 3. The standard InChI is InChI=1S/C12H15NO2/c1-3-15-9-13-10(2)12(14)11-7-5-4-6-8-11/h4-8H,3,9H2,1-2H3. The molecule has 0 saturated heterocycles. The number of ketones is 1. The first kappa shape index (κ1) is 11.6. The highest BCUT2D eigenvalue weighted by atomic mass is 16.5. The van der Waals surface area contributed by atoms with E-state index in [1.807, 2.05) is 25.1 Å². The molecule has 0 saturated carbocycles. The molecule has 0 unspecified atom stereocenters. The lowest BCUT2D eigenvalue weighted by Gasteiger charge is -2.00. The number of Topliss-reactive ketones (excluding diaryl/α,β-unsaturated/α-hetero) is 1. The average Bonchev–Trinajstić information content (AvgIpc) is 2.29. The minimum absolute atomic E-state index is 0.0460. The van der Waals surface area contributed by atoms with Gasteiger partial charge in [-0.3, -0.25) is 9.79 Å². The lowest BCUT2D eigenvalue weighted by atomic mass is 10.1. The summed E-state index contributed by atoms with van der Waals surface area (Å²) in [5, 5.41) is 0. The van der Waals surface area contributed by atoms with E-state index < -0.39 is 0 Å². The van der Waals surface area contributed by atoms with Crippen LogP contribution in [0.25, 0.3) is 0 Å². The van der Waals surface area contributed by atoms with Crippen LogP contribution in [-0.2, 0) is 4.74 Å². The Morgan fingerprint density at radius 3 is 2.60 bits per heavy atom. The van der Waals surface area contributed by atoms with E-state index in [2.05, 4.69) is 4.99 Å². The zero-order valence-corrected chi connectivity index (χ0v) is 9.06. The van der Waals surface area contributed by atoms with E-state index >= 15 is 0 Å². The number of carbonyl (C=O) groups excluding carboxylic acids is 1. The molecular weight excluding hydrogens is 190 g/mol. The van der Waals surface area contributed by atoms with Crippen LogP contribution in [0.3, 0.4) is 0 Å². The fraction of sp³-hybridized carbons (Fsp3) is 0.333. The molecule has 0 radical (unpaired) electrons. The zero-order chi connectivity index (χ0) is 11.1. The number of aliphatic imine (C=N–C) groups is 1. The molecule has 80 valence electrons. The highest BCUT2D eigenvalue weighted by molar-refractivity contribution is 6.45. The summed E-state index contributed by atoms with van der Waals surface area (Å²) in [4.78, 5) is 15.8. The summed E-state index contributed by atoms with van der Waals surface area (Å²) in [6.45, 7) is 4.45. The Morgan fingerprint density at radius 1 is 1.33 bits per heavy atom. The summed E-state index contributed by atoms with van der Waals surface area (Å²) in [7, 11) is 0. The normalized spacial score (nSPS) is 11.5. The van der Waals surface area contributed by atoms with Gasteiger partial charge in [0.05, 0.1) is 5.71 Å². The molecule has 0 bridgehead atoms. The maximum absolute atomic E-state index is 11.8. The molecule has 0 N–H and O–H groups in total. The number of nitrogens with zero attached hydrogens (tertiary/aromatic N) is 1. The van der Waals surface area contributed by atoms with Crippen molar-refractivity contribution in [2.24, 2.45) is 4.99 Å². The van der Waals surface area contributed by atoms with Crippen LogP contribution in [-0.4, -0.2) is 24.8 Å². The Kier molecular flexibility index (Phi) is 4.71. The van der Waals surface area contributed by atoms with Gasteiger partial charge in [-0.2, -0.15) is 0 Å². The van der Waals surface area contributed by atoms with Crippen molar-refractivity contribution >= 4 is 11.5 Å². The Labute approximate surface area is 89.8 Å². The highest BCUT2D eigenvalue weighted by Crippen LogP contribution is 2.01. The smallest absolute Gasteiger partial charge is 0.206 e. The van der Waals surface area contributed by atoms with Crippen molar-refractivity contribution in [2.45, 2.75) is 13.8 Å². The largest absolute Gasteiger partial charge is 0.360 e. The molecular formula is C12H15NO2. The lowest BCUT2D eigenvalue weighted by Crippen LogP contribution is -2.11. The van der Waals surface area contributed by atoms with Crippen molar-refractivity contribution in [1.82, 2.24) is 0 Å². The van der Waals surface area contributed by atoms with Crippen molar-refractivity contribution in [2.75, 3.05) is 13.3 Å². The molecule has 1 rings (SSSR count). The van der Waals surface area contributed by atoms with Gasteiger partial charge in [0.15, 0.2) is 0 Å². The van der Waals surface area contributed by atoms with Crippen LogP contribution >= 0.6 is 0 Å². The van der Waals surface area contributed by atoms with Crippen LogP contribution in [0.1, 0.15) is 24.2 Å².